The first kappa shape index (κ1) is 21.7. The molecule has 164 valence electrons. The first-order valence-corrected chi connectivity index (χ1v) is 12.5. The van der Waals surface area contributed by atoms with Crippen LogP contribution in [0.2, 0.25) is 5.02 Å². The number of hydrogen-bond acceptors (Lipinski definition) is 6. The number of benzene rings is 3. The quantitative estimate of drug-likeness (QED) is 0.208. The van der Waals surface area contributed by atoms with Crippen LogP contribution in [0.4, 0.5) is 10.8 Å². The van der Waals surface area contributed by atoms with Crippen molar-refractivity contribution in [1.29, 1.82) is 0 Å². The number of rotatable bonds is 6. The molecule has 0 fully saturated rings. The van der Waals surface area contributed by atoms with Gasteiger partial charge in [-0.3, -0.25) is 9.36 Å². The van der Waals surface area contributed by atoms with Crippen molar-refractivity contribution in [3.63, 3.8) is 0 Å². The second-order valence-corrected chi connectivity index (χ2v) is 9.69. The van der Waals surface area contributed by atoms with Gasteiger partial charge in [0.15, 0.2) is 10.3 Å². The van der Waals surface area contributed by atoms with Crippen molar-refractivity contribution in [3.05, 3.63) is 105 Å². The van der Waals surface area contributed by atoms with E-state index in [2.05, 4.69) is 24.4 Å². The molecule has 5 nitrogen and oxygen atoms in total. The highest BCUT2D eigenvalue weighted by Crippen LogP contribution is 2.28. The molecule has 5 aromatic rings. The van der Waals surface area contributed by atoms with Gasteiger partial charge in [0.25, 0.3) is 5.56 Å². The molecule has 0 aliphatic rings. The summed E-state index contributed by atoms with van der Waals surface area (Å²) < 4.78 is 1.65. The molecular weight excluding hydrogens is 472 g/mol. The normalized spacial score (nSPS) is 11.1. The van der Waals surface area contributed by atoms with Crippen molar-refractivity contribution in [2.45, 2.75) is 17.8 Å². The van der Waals surface area contributed by atoms with Crippen LogP contribution >= 0.6 is 34.7 Å². The van der Waals surface area contributed by atoms with Crippen molar-refractivity contribution in [2.24, 2.45) is 0 Å². The number of anilines is 2. The van der Waals surface area contributed by atoms with Gasteiger partial charge in [0.2, 0.25) is 0 Å². The average Bonchev–Trinajstić information content (AvgIpc) is 3.27. The van der Waals surface area contributed by atoms with Crippen LogP contribution in [0.25, 0.3) is 16.6 Å². The topological polar surface area (TPSA) is 59.8 Å². The van der Waals surface area contributed by atoms with Crippen molar-refractivity contribution < 1.29 is 0 Å². The first-order valence-electron chi connectivity index (χ1n) is 10.3. The van der Waals surface area contributed by atoms with Gasteiger partial charge in [-0.15, -0.1) is 11.3 Å². The highest BCUT2D eigenvalue weighted by Gasteiger charge is 2.14. The minimum absolute atomic E-state index is 0.120. The Balaban J connectivity index is 1.44. The summed E-state index contributed by atoms with van der Waals surface area (Å²) in [5.41, 5.74) is 4.37. The number of hydrogen-bond donors (Lipinski definition) is 1. The molecule has 0 radical (unpaired) electrons. The van der Waals surface area contributed by atoms with Crippen LogP contribution in [0, 0.1) is 6.92 Å². The Kier molecular flexibility index (Phi) is 6.17. The Bertz CT molecular complexity index is 1480. The predicted molar refractivity (Wildman–Crippen MR) is 138 cm³/mol. The number of nitrogens with one attached hydrogen (secondary N) is 1. The predicted octanol–water partition coefficient (Wildman–Crippen LogP) is 6.84. The van der Waals surface area contributed by atoms with Gasteiger partial charge >= 0.3 is 0 Å². The molecule has 0 saturated carbocycles. The van der Waals surface area contributed by atoms with Gasteiger partial charge in [-0.1, -0.05) is 59.3 Å². The van der Waals surface area contributed by atoms with E-state index < -0.39 is 0 Å². The summed E-state index contributed by atoms with van der Waals surface area (Å²) in [6.07, 6.45) is 0. The Morgan fingerprint density at radius 2 is 1.82 bits per heavy atom. The standard InChI is InChI=1S/C25H19ClN4OS2/c1-16-7-10-18(11-8-16)27-24-28-19(14-32-24)15-33-25-29-22-13-17(26)9-12-21(22)23(31)30(25)20-5-3-2-4-6-20/h2-14H,15H2,1H3,(H,27,28). The van der Waals surface area contributed by atoms with Crippen LogP contribution < -0.4 is 10.9 Å². The number of fused-ring (bicyclic) bond motifs is 1. The van der Waals surface area contributed by atoms with E-state index in [1.807, 2.05) is 47.8 Å². The number of nitrogens with zero attached hydrogens (tertiary/aromatic N) is 3. The van der Waals surface area contributed by atoms with Gasteiger partial charge in [-0.25, -0.2) is 9.97 Å². The van der Waals surface area contributed by atoms with E-state index >= 15 is 0 Å². The lowest BCUT2D eigenvalue weighted by Gasteiger charge is -2.13. The molecule has 0 bridgehead atoms. The maximum absolute atomic E-state index is 13.3. The lowest BCUT2D eigenvalue weighted by Crippen LogP contribution is -2.21. The van der Waals surface area contributed by atoms with Crippen molar-refractivity contribution >= 4 is 56.4 Å². The van der Waals surface area contributed by atoms with Crippen LogP contribution in [0.3, 0.4) is 0 Å². The molecule has 0 saturated heterocycles. The molecular formula is C25H19ClN4OS2. The highest BCUT2D eigenvalue weighted by molar-refractivity contribution is 7.98. The van der Waals surface area contributed by atoms with E-state index in [1.165, 1.54) is 17.3 Å². The number of para-hydroxylation sites is 1. The van der Waals surface area contributed by atoms with Gasteiger partial charge in [0.05, 0.1) is 22.3 Å². The number of thioether (sulfide) groups is 1. The molecule has 0 aliphatic heterocycles. The third-order valence-electron chi connectivity index (χ3n) is 5.02. The largest absolute Gasteiger partial charge is 0.332 e. The molecule has 33 heavy (non-hydrogen) atoms. The molecule has 8 heteroatoms. The maximum Gasteiger partial charge on any atom is 0.266 e. The minimum Gasteiger partial charge on any atom is -0.332 e. The average molecular weight is 491 g/mol. The van der Waals surface area contributed by atoms with Crippen LogP contribution in [0.1, 0.15) is 11.3 Å². The fourth-order valence-electron chi connectivity index (χ4n) is 3.37. The van der Waals surface area contributed by atoms with E-state index in [9.17, 15) is 4.79 Å². The molecule has 0 spiro atoms. The maximum atomic E-state index is 13.3. The van der Waals surface area contributed by atoms with Gasteiger partial charge < -0.3 is 5.32 Å². The van der Waals surface area contributed by atoms with E-state index in [0.29, 0.717) is 26.8 Å². The van der Waals surface area contributed by atoms with E-state index in [1.54, 1.807) is 34.1 Å². The number of aromatic nitrogens is 3. The molecule has 0 unspecified atom stereocenters. The summed E-state index contributed by atoms with van der Waals surface area (Å²) in [5, 5.41) is 7.87. The van der Waals surface area contributed by atoms with Crippen molar-refractivity contribution in [3.8, 4) is 5.69 Å². The second-order valence-electron chi connectivity index (χ2n) is 7.46. The Morgan fingerprint density at radius 3 is 2.61 bits per heavy atom. The molecule has 2 heterocycles. The molecule has 5 rings (SSSR count). The highest BCUT2D eigenvalue weighted by atomic mass is 35.5. The van der Waals surface area contributed by atoms with E-state index in [-0.39, 0.29) is 5.56 Å². The number of halogens is 1. The van der Waals surface area contributed by atoms with Crippen molar-refractivity contribution in [2.75, 3.05) is 5.32 Å². The molecule has 1 N–H and O–H groups in total. The molecule has 3 aromatic carbocycles. The lowest BCUT2D eigenvalue weighted by atomic mass is 10.2. The number of aryl methyl sites for hydroxylation is 1. The summed E-state index contributed by atoms with van der Waals surface area (Å²) in [4.78, 5) is 22.8. The van der Waals surface area contributed by atoms with Crippen molar-refractivity contribution in [1.82, 2.24) is 14.5 Å². The van der Waals surface area contributed by atoms with Gasteiger partial charge in [-0.05, 0) is 49.4 Å². The van der Waals surface area contributed by atoms with Crippen LogP contribution in [0.15, 0.2) is 88.1 Å². The van der Waals surface area contributed by atoms with Crippen LogP contribution in [0.5, 0.6) is 0 Å². The van der Waals surface area contributed by atoms with Crippen LogP contribution in [-0.4, -0.2) is 14.5 Å². The van der Waals surface area contributed by atoms with E-state index in [0.717, 1.165) is 22.2 Å². The Morgan fingerprint density at radius 1 is 1.03 bits per heavy atom. The first-order chi connectivity index (χ1) is 16.1. The summed E-state index contributed by atoms with van der Waals surface area (Å²) in [6.45, 7) is 2.06. The molecule has 2 aromatic heterocycles. The zero-order valence-electron chi connectivity index (χ0n) is 17.7. The zero-order valence-corrected chi connectivity index (χ0v) is 20.0. The fraction of sp³-hybridized carbons (Fsp3) is 0.0800. The minimum atomic E-state index is -0.120. The Hall–Kier alpha value is -3.13. The third kappa shape index (κ3) is 4.80. The summed E-state index contributed by atoms with van der Waals surface area (Å²) >= 11 is 9.19. The fourth-order valence-corrected chi connectivity index (χ4v) is 5.28. The molecule has 0 amide bonds. The lowest BCUT2D eigenvalue weighted by molar-refractivity contribution is 0.819. The van der Waals surface area contributed by atoms with Gasteiger partial charge in [0.1, 0.15) is 0 Å². The smallest absolute Gasteiger partial charge is 0.266 e. The summed E-state index contributed by atoms with van der Waals surface area (Å²) in [7, 11) is 0. The van der Waals surface area contributed by atoms with Gasteiger partial charge in [-0.2, -0.15) is 0 Å². The summed E-state index contributed by atoms with van der Waals surface area (Å²) in [5.74, 6) is 0.581. The zero-order chi connectivity index (χ0) is 22.8. The summed E-state index contributed by atoms with van der Waals surface area (Å²) in [6, 6.07) is 22.9. The number of thiazole rings is 1. The Labute approximate surface area is 204 Å². The van der Waals surface area contributed by atoms with E-state index in [4.69, 9.17) is 21.6 Å². The third-order valence-corrected chi connectivity index (χ3v) is 7.03. The molecule has 0 aliphatic carbocycles. The monoisotopic (exact) mass is 490 g/mol. The molecule has 0 atom stereocenters. The van der Waals surface area contributed by atoms with Gasteiger partial charge in [0, 0.05) is 21.8 Å². The SMILES string of the molecule is Cc1ccc(Nc2nc(CSc3nc4cc(Cl)ccc4c(=O)n3-c3ccccc3)cs2)cc1. The second kappa shape index (κ2) is 9.39. The van der Waals surface area contributed by atoms with Crippen LogP contribution in [-0.2, 0) is 5.75 Å².